The zero-order valence-electron chi connectivity index (χ0n) is 22.5. The minimum atomic E-state index is -1.04. The topological polar surface area (TPSA) is 77.1 Å². The second-order valence-corrected chi connectivity index (χ2v) is 9.87. The van der Waals surface area contributed by atoms with Crippen LogP contribution in [0.25, 0.3) is 0 Å². The second-order valence-electron chi connectivity index (χ2n) is 9.44. The molecule has 0 saturated heterocycles. The van der Waals surface area contributed by atoms with Crippen molar-refractivity contribution in [1.29, 1.82) is 0 Å². The Labute approximate surface area is 229 Å². The summed E-state index contributed by atoms with van der Waals surface area (Å²) in [6.07, 6.45) is 1.34. The third-order valence-corrected chi connectivity index (χ3v) is 6.40. The van der Waals surface area contributed by atoms with Crippen molar-refractivity contribution in [2.75, 3.05) is 34.4 Å². The van der Waals surface area contributed by atoms with E-state index < -0.39 is 5.60 Å². The molecule has 0 aliphatic rings. The van der Waals surface area contributed by atoms with Crippen LogP contribution >= 0.6 is 11.6 Å². The Morgan fingerprint density at radius 1 is 0.868 bits per heavy atom. The van der Waals surface area contributed by atoms with Crippen molar-refractivity contribution >= 4 is 23.4 Å². The molecule has 0 unspecified atom stereocenters. The molecule has 3 aromatic rings. The highest BCUT2D eigenvalue weighted by atomic mass is 35.5. The molecule has 202 valence electrons. The van der Waals surface area contributed by atoms with Gasteiger partial charge in [-0.15, -0.1) is 0 Å². The molecular formula is C30H35ClN2O5. The van der Waals surface area contributed by atoms with Gasteiger partial charge in [0, 0.05) is 30.7 Å². The fourth-order valence-corrected chi connectivity index (χ4v) is 4.11. The molecular weight excluding hydrogens is 504 g/mol. The lowest BCUT2D eigenvalue weighted by molar-refractivity contribution is -0.144. The number of amides is 2. The lowest BCUT2D eigenvalue weighted by Crippen LogP contribution is -2.47. The Balaban J connectivity index is 1.48. The number of nitrogens with zero attached hydrogens (tertiary/aromatic N) is 1. The van der Waals surface area contributed by atoms with Gasteiger partial charge in [0.25, 0.3) is 11.8 Å². The summed E-state index contributed by atoms with van der Waals surface area (Å²) in [5.41, 5.74) is 1.62. The standard InChI is InChI=1S/C30H35ClN2O5/c1-30(2,29(35)33(3)19-17-22-8-15-26(36-4)27(20-22)37-5)38-25-13-6-21(7-14-25)16-18-32-28(34)23-9-11-24(31)12-10-23/h6-15,20H,16-19H2,1-5H3,(H,32,34). The van der Waals surface area contributed by atoms with E-state index in [0.29, 0.717) is 53.8 Å². The fraction of sp³-hybridized carbons (Fsp3) is 0.333. The summed E-state index contributed by atoms with van der Waals surface area (Å²) in [6, 6.07) is 20.1. The highest BCUT2D eigenvalue weighted by Crippen LogP contribution is 2.28. The smallest absolute Gasteiger partial charge is 0.265 e. The summed E-state index contributed by atoms with van der Waals surface area (Å²) in [5, 5.41) is 3.50. The molecule has 38 heavy (non-hydrogen) atoms. The Kier molecular flexibility index (Phi) is 10.0. The van der Waals surface area contributed by atoms with E-state index in [1.165, 1.54) is 0 Å². The number of nitrogens with one attached hydrogen (secondary N) is 1. The average Bonchev–Trinajstić information content (AvgIpc) is 2.92. The molecule has 0 aliphatic carbocycles. The summed E-state index contributed by atoms with van der Waals surface area (Å²) in [4.78, 5) is 27.0. The molecule has 2 amide bonds. The van der Waals surface area contributed by atoms with Crippen molar-refractivity contribution in [2.24, 2.45) is 0 Å². The van der Waals surface area contributed by atoms with Gasteiger partial charge in [0.1, 0.15) is 5.75 Å². The van der Waals surface area contributed by atoms with E-state index in [1.807, 2.05) is 42.5 Å². The minimum absolute atomic E-state index is 0.119. The van der Waals surface area contributed by atoms with Crippen LogP contribution in [0.3, 0.4) is 0 Å². The first-order chi connectivity index (χ1) is 18.1. The number of carbonyl (C=O) groups excluding carboxylic acids is 2. The van der Waals surface area contributed by atoms with Crippen molar-refractivity contribution in [3.8, 4) is 17.2 Å². The van der Waals surface area contributed by atoms with Gasteiger partial charge in [-0.1, -0.05) is 29.8 Å². The van der Waals surface area contributed by atoms with E-state index in [4.69, 9.17) is 25.8 Å². The van der Waals surface area contributed by atoms with Gasteiger partial charge < -0.3 is 24.4 Å². The van der Waals surface area contributed by atoms with E-state index >= 15 is 0 Å². The van der Waals surface area contributed by atoms with Gasteiger partial charge >= 0.3 is 0 Å². The van der Waals surface area contributed by atoms with Crippen LogP contribution in [0.2, 0.25) is 5.02 Å². The summed E-state index contributed by atoms with van der Waals surface area (Å²) in [6.45, 7) is 4.56. The normalized spacial score (nSPS) is 11.0. The molecule has 0 atom stereocenters. The second kappa shape index (κ2) is 13.2. The molecule has 0 heterocycles. The van der Waals surface area contributed by atoms with E-state index in [1.54, 1.807) is 64.3 Å². The van der Waals surface area contributed by atoms with E-state index in [9.17, 15) is 9.59 Å². The zero-order chi connectivity index (χ0) is 27.7. The maximum atomic E-state index is 13.1. The van der Waals surface area contributed by atoms with Crippen molar-refractivity contribution in [1.82, 2.24) is 10.2 Å². The first kappa shape index (κ1) is 28.9. The minimum Gasteiger partial charge on any atom is -0.493 e. The van der Waals surface area contributed by atoms with Crippen LogP contribution in [0.5, 0.6) is 17.2 Å². The maximum Gasteiger partial charge on any atom is 0.265 e. The number of rotatable bonds is 12. The van der Waals surface area contributed by atoms with Crippen molar-refractivity contribution in [2.45, 2.75) is 32.3 Å². The predicted octanol–water partition coefficient (Wildman–Crippen LogP) is 5.19. The number of likely N-dealkylation sites (N-methyl/N-ethyl adjacent to an activating group) is 1. The van der Waals surface area contributed by atoms with Gasteiger partial charge in [0.15, 0.2) is 17.1 Å². The van der Waals surface area contributed by atoms with Gasteiger partial charge in [-0.2, -0.15) is 0 Å². The number of halogens is 1. The third kappa shape index (κ3) is 7.89. The first-order valence-electron chi connectivity index (χ1n) is 12.4. The van der Waals surface area contributed by atoms with E-state index in [2.05, 4.69) is 5.32 Å². The molecule has 0 spiro atoms. The van der Waals surface area contributed by atoms with Crippen LogP contribution < -0.4 is 19.5 Å². The van der Waals surface area contributed by atoms with Crippen LogP contribution in [0.1, 0.15) is 35.3 Å². The number of hydrogen-bond donors (Lipinski definition) is 1. The molecule has 1 N–H and O–H groups in total. The summed E-state index contributed by atoms with van der Waals surface area (Å²) in [5.74, 6) is 1.67. The summed E-state index contributed by atoms with van der Waals surface area (Å²) in [7, 11) is 4.98. The molecule has 3 rings (SSSR count). The van der Waals surface area contributed by atoms with Crippen LogP contribution in [0.4, 0.5) is 0 Å². The number of ether oxygens (including phenoxy) is 3. The largest absolute Gasteiger partial charge is 0.493 e. The van der Waals surface area contributed by atoms with Crippen LogP contribution in [-0.2, 0) is 17.6 Å². The lowest BCUT2D eigenvalue weighted by Gasteiger charge is -2.30. The number of benzene rings is 3. The van der Waals surface area contributed by atoms with Gasteiger partial charge in [0.2, 0.25) is 0 Å². The van der Waals surface area contributed by atoms with Crippen molar-refractivity contribution in [3.63, 3.8) is 0 Å². The maximum absolute atomic E-state index is 13.1. The SMILES string of the molecule is COc1ccc(CCN(C)C(=O)C(C)(C)Oc2ccc(CCNC(=O)c3ccc(Cl)cc3)cc2)cc1OC. The summed E-state index contributed by atoms with van der Waals surface area (Å²) < 4.78 is 16.7. The van der Waals surface area contributed by atoms with Gasteiger partial charge in [-0.25, -0.2) is 0 Å². The lowest BCUT2D eigenvalue weighted by atomic mass is 10.1. The Bertz CT molecular complexity index is 1230. The number of hydrogen-bond acceptors (Lipinski definition) is 5. The Morgan fingerprint density at radius 2 is 1.50 bits per heavy atom. The molecule has 0 radical (unpaired) electrons. The summed E-state index contributed by atoms with van der Waals surface area (Å²) >= 11 is 5.87. The first-order valence-corrected chi connectivity index (χ1v) is 12.8. The van der Waals surface area contributed by atoms with Crippen LogP contribution in [-0.4, -0.2) is 56.7 Å². The molecule has 8 heteroatoms. The van der Waals surface area contributed by atoms with Crippen molar-refractivity contribution in [3.05, 3.63) is 88.4 Å². The average molecular weight is 539 g/mol. The highest BCUT2D eigenvalue weighted by Gasteiger charge is 2.32. The quantitative estimate of drug-likeness (QED) is 0.343. The molecule has 0 fully saturated rings. The fourth-order valence-electron chi connectivity index (χ4n) is 3.98. The van der Waals surface area contributed by atoms with Crippen LogP contribution in [0, 0.1) is 0 Å². The van der Waals surface area contributed by atoms with Gasteiger partial charge in [-0.05, 0) is 86.3 Å². The zero-order valence-corrected chi connectivity index (χ0v) is 23.3. The molecule has 0 saturated carbocycles. The Hall–Kier alpha value is -3.71. The number of carbonyl (C=O) groups is 2. The van der Waals surface area contributed by atoms with Gasteiger partial charge in [0.05, 0.1) is 14.2 Å². The van der Waals surface area contributed by atoms with E-state index in [-0.39, 0.29) is 11.8 Å². The molecule has 3 aromatic carbocycles. The van der Waals surface area contributed by atoms with E-state index in [0.717, 1.165) is 11.1 Å². The van der Waals surface area contributed by atoms with Gasteiger partial charge in [-0.3, -0.25) is 9.59 Å². The predicted molar refractivity (Wildman–Crippen MR) is 150 cm³/mol. The number of methoxy groups -OCH3 is 2. The molecule has 0 aromatic heterocycles. The third-order valence-electron chi connectivity index (χ3n) is 6.15. The molecule has 0 aliphatic heterocycles. The van der Waals surface area contributed by atoms with Crippen LogP contribution in [0.15, 0.2) is 66.7 Å². The monoisotopic (exact) mass is 538 g/mol. The Morgan fingerprint density at radius 3 is 2.13 bits per heavy atom. The molecule has 0 bridgehead atoms. The highest BCUT2D eigenvalue weighted by molar-refractivity contribution is 6.30. The molecule has 7 nitrogen and oxygen atoms in total. The van der Waals surface area contributed by atoms with Crippen molar-refractivity contribution < 1.29 is 23.8 Å².